The van der Waals surface area contributed by atoms with Crippen molar-refractivity contribution in [2.75, 3.05) is 18.5 Å². The van der Waals surface area contributed by atoms with Crippen molar-refractivity contribution >= 4 is 11.6 Å². The molecule has 1 atom stereocenters. The third-order valence-corrected chi connectivity index (χ3v) is 3.06. The van der Waals surface area contributed by atoms with E-state index in [4.69, 9.17) is 4.74 Å². The van der Waals surface area contributed by atoms with Crippen LogP contribution in [0.2, 0.25) is 0 Å². The normalized spacial score (nSPS) is 19.9. The Morgan fingerprint density at radius 3 is 3.24 bits per heavy atom. The maximum atomic E-state index is 5.55. The van der Waals surface area contributed by atoms with E-state index >= 15 is 0 Å². The number of rotatable bonds is 3. The third kappa shape index (κ3) is 2.10. The highest BCUT2D eigenvalue weighted by molar-refractivity contribution is 5.44. The van der Waals surface area contributed by atoms with Crippen molar-refractivity contribution in [1.29, 1.82) is 0 Å². The van der Waals surface area contributed by atoms with Gasteiger partial charge in [0.15, 0.2) is 5.65 Å². The molecule has 0 amide bonds. The predicted molar refractivity (Wildman–Crippen MR) is 65.2 cm³/mol. The first kappa shape index (κ1) is 10.5. The lowest BCUT2D eigenvalue weighted by atomic mass is 10.2. The molecule has 1 aliphatic heterocycles. The van der Waals surface area contributed by atoms with Crippen LogP contribution in [0.5, 0.6) is 0 Å². The molecular weight excluding hydrogens is 216 g/mol. The summed E-state index contributed by atoms with van der Waals surface area (Å²) in [4.78, 5) is 4.42. The van der Waals surface area contributed by atoms with Gasteiger partial charge in [-0.1, -0.05) is 6.07 Å². The molecule has 1 saturated heterocycles. The molecule has 1 aliphatic rings. The highest BCUT2D eigenvalue weighted by Crippen LogP contribution is 2.13. The molecule has 2 aromatic rings. The lowest BCUT2D eigenvalue weighted by Gasteiger charge is -2.08. The predicted octanol–water partition coefficient (Wildman–Crippen LogP) is 1.63. The van der Waals surface area contributed by atoms with Crippen molar-refractivity contribution < 1.29 is 4.74 Å². The van der Waals surface area contributed by atoms with Gasteiger partial charge >= 0.3 is 0 Å². The van der Waals surface area contributed by atoms with E-state index in [2.05, 4.69) is 15.4 Å². The maximum absolute atomic E-state index is 5.55. The quantitative estimate of drug-likeness (QED) is 0.873. The van der Waals surface area contributed by atoms with Crippen molar-refractivity contribution in [2.24, 2.45) is 0 Å². The number of ether oxygens (including phenoxy) is 1. The van der Waals surface area contributed by atoms with Crippen LogP contribution in [0.25, 0.3) is 5.65 Å². The van der Waals surface area contributed by atoms with Crippen molar-refractivity contribution in [3.8, 4) is 0 Å². The minimum absolute atomic E-state index is 0.308. The second kappa shape index (κ2) is 4.33. The average Bonchev–Trinajstić information content (AvgIpc) is 2.95. The fraction of sp³-hybridized carbons (Fsp3) is 0.500. The van der Waals surface area contributed by atoms with Gasteiger partial charge in [0, 0.05) is 18.8 Å². The largest absolute Gasteiger partial charge is 0.376 e. The topological polar surface area (TPSA) is 51.5 Å². The van der Waals surface area contributed by atoms with E-state index in [1.54, 1.807) is 0 Å². The van der Waals surface area contributed by atoms with Crippen LogP contribution < -0.4 is 5.32 Å². The third-order valence-electron chi connectivity index (χ3n) is 3.06. The second-order valence-electron chi connectivity index (χ2n) is 4.39. The van der Waals surface area contributed by atoms with E-state index in [1.165, 1.54) is 0 Å². The molecule has 1 fully saturated rings. The summed E-state index contributed by atoms with van der Waals surface area (Å²) < 4.78 is 7.39. The molecule has 1 N–H and O–H groups in total. The number of aryl methyl sites for hydroxylation is 1. The highest BCUT2D eigenvalue weighted by atomic mass is 16.5. The van der Waals surface area contributed by atoms with Gasteiger partial charge in [-0.25, -0.2) is 4.52 Å². The molecule has 90 valence electrons. The molecular formula is C12H16N4O. The summed E-state index contributed by atoms with van der Waals surface area (Å²) >= 11 is 0. The number of nitrogens with zero attached hydrogens (tertiary/aromatic N) is 3. The number of fused-ring (bicyclic) bond motifs is 1. The summed E-state index contributed by atoms with van der Waals surface area (Å²) in [5.74, 6) is 0.676. The van der Waals surface area contributed by atoms with Crippen LogP contribution in [0.4, 0.5) is 5.95 Å². The Morgan fingerprint density at radius 2 is 2.47 bits per heavy atom. The number of hydrogen-bond donors (Lipinski definition) is 1. The molecule has 0 bridgehead atoms. The Kier molecular flexibility index (Phi) is 2.68. The van der Waals surface area contributed by atoms with Crippen LogP contribution in [0.3, 0.4) is 0 Å². The molecule has 1 unspecified atom stereocenters. The molecule has 17 heavy (non-hydrogen) atoms. The van der Waals surface area contributed by atoms with Crippen LogP contribution in [-0.4, -0.2) is 33.9 Å². The fourth-order valence-corrected chi connectivity index (χ4v) is 2.12. The number of pyridine rings is 1. The van der Waals surface area contributed by atoms with Crippen LogP contribution in [0.1, 0.15) is 18.5 Å². The van der Waals surface area contributed by atoms with Gasteiger partial charge in [0.25, 0.3) is 0 Å². The summed E-state index contributed by atoms with van der Waals surface area (Å²) in [5.41, 5.74) is 1.96. The van der Waals surface area contributed by atoms with Crippen LogP contribution in [0, 0.1) is 6.92 Å². The van der Waals surface area contributed by atoms with Crippen molar-refractivity contribution in [1.82, 2.24) is 14.6 Å². The Labute approximate surface area is 99.8 Å². The second-order valence-corrected chi connectivity index (χ2v) is 4.39. The Morgan fingerprint density at radius 1 is 1.53 bits per heavy atom. The van der Waals surface area contributed by atoms with Gasteiger partial charge in [0.2, 0.25) is 5.95 Å². The van der Waals surface area contributed by atoms with Gasteiger partial charge in [-0.2, -0.15) is 4.98 Å². The van der Waals surface area contributed by atoms with Crippen LogP contribution in [-0.2, 0) is 4.74 Å². The fourth-order valence-electron chi connectivity index (χ4n) is 2.12. The van der Waals surface area contributed by atoms with Crippen LogP contribution >= 0.6 is 0 Å². The molecule has 0 saturated carbocycles. The lowest BCUT2D eigenvalue weighted by Crippen LogP contribution is -2.19. The highest BCUT2D eigenvalue weighted by Gasteiger charge is 2.15. The van der Waals surface area contributed by atoms with Crippen molar-refractivity contribution in [3.05, 3.63) is 23.9 Å². The van der Waals surface area contributed by atoms with Gasteiger partial charge < -0.3 is 10.1 Å². The van der Waals surface area contributed by atoms with E-state index in [1.807, 2.05) is 29.6 Å². The zero-order valence-electron chi connectivity index (χ0n) is 9.89. The molecule has 0 aromatic carbocycles. The SMILES string of the molecule is Cc1cccc2nc(NCC3CCCO3)nn12. The molecule has 0 spiro atoms. The van der Waals surface area contributed by atoms with Gasteiger partial charge in [-0.05, 0) is 31.9 Å². The number of aromatic nitrogens is 3. The summed E-state index contributed by atoms with van der Waals surface area (Å²) in [6, 6.07) is 5.96. The summed E-state index contributed by atoms with van der Waals surface area (Å²) in [7, 11) is 0. The molecule has 5 nitrogen and oxygen atoms in total. The molecule has 3 rings (SSSR count). The van der Waals surface area contributed by atoms with Crippen molar-refractivity contribution in [3.63, 3.8) is 0 Å². The Hall–Kier alpha value is -1.62. The first-order valence-electron chi connectivity index (χ1n) is 6.01. The molecule has 0 radical (unpaired) electrons. The number of nitrogens with one attached hydrogen (secondary N) is 1. The summed E-state index contributed by atoms with van der Waals surface area (Å²) in [5, 5.41) is 7.65. The Bertz CT molecular complexity index is 516. The standard InChI is InChI=1S/C12H16N4O/c1-9-4-2-6-11-14-12(15-16(9)11)13-8-10-5-3-7-17-10/h2,4,6,10H,3,5,7-8H2,1H3,(H,13,15). The molecule has 3 heterocycles. The summed E-state index contributed by atoms with van der Waals surface area (Å²) in [6.07, 6.45) is 2.59. The monoisotopic (exact) mass is 232 g/mol. The van der Waals surface area contributed by atoms with Gasteiger partial charge in [0.05, 0.1) is 6.10 Å². The smallest absolute Gasteiger partial charge is 0.243 e. The maximum Gasteiger partial charge on any atom is 0.243 e. The zero-order valence-corrected chi connectivity index (χ0v) is 9.89. The van der Waals surface area contributed by atoms with E-state index in [0.717, 1.165) is 37.3 Å². The Balaban J connectivity index is 1.74. The van der Waals surface area contributed by atoms with Gasteiger partial charge in [-0.15, -0.1) is 5.10 Å². The first-order chi connectivity index (χ1) is 8.33. The van der Waals surface area contributed by atoms with Gasteiger partial charge in [0.1, 0.15) is 0 Å². The van der Waals surface area contributed by atoms with Crippen molar-refractivity contribution in [2.45, 2.75) is 25.9 Å². The minimum Gasteiger partial charge on any atom is -0.376 e. The minimum atomic E-state index is 0.308. The first-order valence-corrected chi connectivity index (χ1v) is 6.01. The van der Waals surface area contributed by atoms with Gasteiger partial charge in [-0.3, -0.25) is 0 Å². The van der Waals surface area contributed by atoms with Crippen LogP contribution in [0.15, 0.2) is 18.2 Å². The summed E-state index contributed by atoms with van der Waals surface area (Å²) in [6.45, 7) is 3.69. The average molecular weight is 232 g/mol. The molecule has 2 aromatic heterocycles. The zero-order chi connectivity index (χ0) is 11.7. The number of hydrogen-bond acceptors (Lipinski definition) is 4. The lowest BCUT2D eigenvalue weighted by molar-refractivity contribution is 0.120. The molecule has 0 aliphatic carbocycles. The molecule has 5 heteroatoms. The van der Waals surface area contributed by atoms with E-state index in [-0.39, 0.29) is 0 Å². The van der Waals surface area contributed by atoms with E-state index in [9.17, 15) is 0 Å². The number of anilines is 1. The van der Waals surface area contributed by atoms with E-state index in [0.29, 0.717) is 12.1 Å². The van der Waals surface area contributed by atoms with E-state index < -0.39 is 0 Å².